The van der Waals surface area contributed by atoms with Crippen LogP contribution in [0.3, 0.4) is 0 Å². The standard InChI is InChI=1S/C7H9N3/c1-2-10-7(5-8-1)6-3-9-4-6/h1-2,5-6,9H,3-4H2. The minimum absolute atomic E-state index is 0.605. The fourth-order valence-corrected chi connectivity index (χ4v) is 1.02. The summed E-state index contributed by atoms with van der Waals surface area (Å²) in [7, 11) is 0. The van der Waals surface area contributed by atoms with Gasteiger partial charge in [0.15, 0.2) is 0 Å². The minimum Gasteiger partial charge on any atom is -0.315 e. The number of hydrogen-bond donors (Lipinski definition) is 1. The van der Waals surface area contributed by atoms with Crippen LogP contribution in [-0.2, 0) is 0 Å². The lowest BCUT2D eigenvalue weighted by atomic mass is 10.0. The van der Waals surface area contributed by atoms with Crippen molar-refractivity contribution in [3.8, 4) is 0 Å². The third-order valence-electron chi connectivity index (χ3n) is 1.78. The number of nitrogens with one attached hydrogen (secondary N) is 1. The molecule has 0 saturated carbocycles. The molecule has 2 heterocycles. The van der Waals surface area contributed by atoms with E-state index in [-0.39, 0.29) is 0 Å². The maximum absolute atomic E-state index is 4.20. The normalized spacial score (nSPS) is 18.4. The second-order valence-corrected chi connectivity index (χ2v) is 2.49. The summed E-state index contributed by atoms with van der Waals surface area (Å²) >= 11 is 0. The molecule has 0 aliphatic carbocycles. The van der Waals surface area contributed by atoms with Crippen LogP contribution < -0.4 is 5.32 Å². The molecule has 1 fully saturated rings. The molecule has 0 spiro atoms. The van der Waals surface area contributed by atoms with Gasteiger partial charge in [0, 0.05) is 37.6 Å². The zero-order chi connectivity index (χ0) is 6.81. The average molecular weight is 135 g/mol. The fourth-order valence-electron chi connectivity index (χ4n) is 1.02. The van der Waals surface area contributed by atoms with Gasteiger partial charge in [-0.3, -0.25) is 9.97 Å². The van der Waals surface area contributed by atoms with E-state index >= 15 is 0 Å². The fraction of sp³-hybridized carbons (Fsp3) is 0.429. The number of aromatic nitrogens is 2. The van der Waals surface area contributed by atoms with Crippen LogP contribution in [-0.4, -0.2) is 23.1 Å². The second-order valence-electron chi connectivity index (χ2n) is 2.49. The summed E-state index contributed by atoms with van der Waals surface area (Å²) in [4.78, 5) is 8.20. The third-order valence-corrected chi connectivity index (χ3v) is 1.78. The van der Waals surface area contributed by atoms with Crippen LogP contribution in [0.15, 0.2) is 18.6 Å². The minimum atomic E-state index is 0.605. The number of rotatable bonds is 1. The van der Waals surface area contributed by atoms with Gasteiger partial charge in [-0.2, -0.15) is 0 Å². The first-order valence-corrected chi connectivity index (χ1v) is 3.43. The summed E-state index contributed by atoms with van der Waals surface area (Å²) in [6, 6.07) is 0. The number of nitrogens with zero attached hydrogens (tertiary/aromatic N) is 2. The van der Waals surface area contributed by atoms with E-state index in [1.807, 2.05) is 6.20 Å². The molecule has 1 saturated heterocycles. The molecular weight excluding hydrogens is 126 g/mol. The van der Waals surface area contributed by atoms with Crippen molar-refractivity contribution in [1.29, 1.82) is 0 Å². The van der Waals surface area contributed by atoms with Crippen LogP contribution in [0.1, 0.15) is 11.6 Å². The Balaban J connectivity index is 2.18. The zero-order valence-corrected chi connectivity index (χ0v) is 5.62. The average Bonchev–Trinajstić information content (AvgIpc) is 1.86. The maximum Gasteiger partial charge on any atom is 0.0642 e. The van der Waals surface area contributed by atoms with E-state index in [9.17, 15) is 0 Å². The summed E-state index contributed by atoms with van der Waals surface area (Å²) in [5.74, 6) is 0.605. The Morgan fingerprint density at radius 2 is 2.30 bits per heavy atom. The van der Waals surface area contributed by atoms with Crippen molar-refractivity contribution < 1.29 is 0 Å². The molecule has 1 aliphatic heterocycles. The summed E-state index contributed by atoms with van der Waals surface area (Å²) < 4.78 is 0. The monoisotopic (exact) mass is 135 g/mol. The van der Waals surface area contributed by atoms with Gasteiger partial charge in [0.25, 0.3) is 0 Å². The predicted molar refractivity (Wildman–Crippen MR) is 37.6 cm³/mol. The highest BCUT2D eigenvalue weighted by atomic mass is 15.0. The molecule has 0 atom stereocenters. The van der Waals surface area contributed by atoms with Gasteiger partial charge in [-0.1, -0.05) is 0 Å². The molecule has 3 heteroatoms. The molecular formula is C7H9N3. The Bertz CT molecular complexity index is 205. The van der Waals surface area contributed by atoms with Gasteiger partial charge < -0.3 is 5.32 Å². The first kappa shape index (κ1) is 5.80. The molecule has 0 amide bonds. The first-order valence-electron chi connectivity index (χ1n) is 3.43. The topological polar surface area (TPSA) is 37.8 Å². The van der Waals surface area contributed by atoms with Gasteiger partial charge in [-0.05, 0) is 0 Å². The molecule has 52 valence electrons. The van der Waals surface area contributed by atoms with E-state index in [0.717, 1.165) is 18.8 Å². The highest BCUT2D eigenvalue weighted by Gasteiger charge is 2.19. The second kappa shape index (κ2) is 2.34. The summed E-state index contributed by atoms with van der Waals surface area (Å²) in [5.41, 5.74) is 1.11. The molecule has 3 nitrogen and oxygen atoms in total. The van der Waals surface area contributed by atoms with E-state index in [4.69, 9.17) is 0 Å². The molecule has 1 N–H and O–H groups in total. The lowest BCUT2D eigenvalue weighted by Crippen LogP contribution is -2.40. The van der Waals surface area contributed by atoms with Crippen LogP contribution in [0, 0.1) is 0 Å². The Hall–Kier alpha value is -0.960. The van der Waals surface area contributed by atoms with Gasteiger partial charge in [0.2, 0.25) is 0 Å². The molecule has 1 aromatic rings. The largest absolute Gasteiger partial charge is 0.315 e. The van der Waals surface area contributed by atoms with Gasteiger partial charge in [-0.25, -0.2) is 0 Å². The van der Waals surface area contributed by atoms with E-state index in [1.165, 1.54) is 0 Å². The molecule has 0 radical (unpaired) electrons. The summed E-state index contributed by atoms with van der Waals surface area (Å²) in [6.07, 6.45) is 5.29. The van der Waals surface area contributed by atoms with Crippen LogP contribution in [0.5, 0.6) is 0 Å². The smallest absolute Gasteiger partial charge is 0.0642 e. The van der Waals surface area contributed by atoms with Gasteiger partial charge in [0.1, 0.15) is 0 Å². The summed E-state index contributed by atoms with van der Waals surface area (Å²) in [5, 5.41) is 3.19. The molecule has 1 aliphatic rings. The highest BCUT2D eigenvalue weighted by Crippen LogP contribution is 2.14. The van der Waals surface area contributed by atoms with Gasteiger partial charge in [-0.15, -0.1) is 0 Å². The van der Waals surface area contributed by atoms with E-state index in [1.54, 1.807) is 12.4 Å². The van der Waals surface area contributed by atoms with Gasteiger partial charge >= 0.3 is 0 Å². The van der Waals surface area contributed by atoms with Crippen LogP contribution >= 0.6 is 0 Å². The van der Waals surface area contributed by atoms with Crippen molar-refractivity contribution in [3.05, 3.63) is 24.3 Å². The van der Waals surface area contributed by atoms with Crippen LogP contribution in [0.25, 0.3) is 0 Å². The Morgan fingerprint density at radius 1 is 1.40 bits per heavy atom. The predicted octanol–water partition coefficient (Wildman–Crippen LogP) is 0.163. The third kappa shape index (κ3) is 0.885. The SMILES string of the molecule is c1cnc(C2CNC2)cn1. The quantitative estimate of drug-likeness (QED) is 0.596. The lowest BCUT2D eigenvalue weighted by Gasteiger charge is -2.25. The van der Waals surface area contributed by atoms with E-state index < -0.39 is 0 Å². The van der Waals surface area contributed by atoms with Crippen molar-refractivity contribution in [2.24, 2.45) is 0 Å². The zero-order valence-electron chi connectivity index (χ0n) is 5.62. The van der Waals surface area contributed by atoms with Crippen molar-refractivity contribution >= 4 is 0 Å². The van der Waals surface area contributed by atoms with Crippen molar-refractivity contribution in [2.45, 2.75) is 5.92 Å². The highest BCUT2D eigenvalue weighted by molar-refractivity contribution is 5.08. The van der Waals surface area contributed by atoms with Crippen molar-refractivity contribution in [3.63, 3.8) is 0 Å². The van der Waals surface area contributed by atoms with Crippen LogP contribution in [0.2, 0.25) is 0 Å². The van der Waals surface area contributed by atoms with Gasteiger partial charge in [0.05, 0.1) is 5.69 Å². The molecule has 1 aromatic heterocycles. The first-order chi connectivity index (χ1) is 4.97. The van der Waals surface area contributed by atoms with Crippen molar-refractivity contribution in [1.82, 2.24) is 15.3 Å². The Morgan fingerprint density at radius 3 is 2.80 bits per heavy atom. The number of hydrogen-bond acceptors (Lipinski definition) is 3. The molecule has 10 heavy (non-hydrogen) atoms. The Labute approximate surface area is 59.5 Å². The lowest BCUT2D eigenvalue weighted by molar-refractivity contribution is 0.438. The summed E-state index contributed by atoms with van der Waals surface area (Å²) in [6.45, 7) is 2.11. The molecule has 0 bridgehead atoms. The molecule has 0 aromatic carbocycles. The molecule has 0 unspecified atom stereocenters. The van der Waals surface area contributed by atoms with Crippen molar-refractivity contribution in [2.75, 3.05) is 13.1 Å². The van der Waals surface area contributed by atoms with Crippen LogP contribution in [0.4, 0.5) is 0 Å². The van der Waals surface area contributed by atoms with E-state index in [0.29, 0.717) is 5.92 Å². The maximum atomic E-state index is 4.20. The Kier molecular flexibility index (Phi) is 1.36. The van der Waals surface area contributed by atoms with E-state index in [2.05, 4.69) is 15.3 Å². The molecule has 2 rings (SSSR count).